The smallest absolute Gasteiger partial charge is 0.255 e. The lowest BCUT2D eigenvalue weighted by Crippen LogP contribution is -2.30. The Morgan fingerprint density at radius 1 is 1.11 bits per heavy atom. The SMILES string of the molecule is CC(C)COc1ccc(C(=O)Nc2ccc(N3CCCCC3)c(F)c2)cc1. The van der Waals surface area contributed by atoms with Gasteiger partial charge in [-0.05, 0) is 67.6 Å². The van der Waals surface area contributed by atoms with Crippen molar-refractivity contribution in [2.75, 3.05) is 29.9 Å². The largest absolute Gasteiger partial charge is 0.493 e. The molecule has 3 rings (SSSR count). The van der Waals surface area contributed by atoms with Gasteiger partial charge >= 0.3 is 0 Å². The van der Waals surface area contributed by atoms with E-state index in [0.29, 0.717) is 29.5 Å². The van der Waals surface area contributed by atoms with Crippen LogP contribution in [0.15, 0.2) is 42.5 Å². The van der Waals surface area contributed by atoms with Crippen molar-refractivity contribution in [3.63, 3.8) is 0 Å². The van der Waals surface area contributed by atoms with E-state index in [1.807, 2.05) is 0 Å². The van der Waals surface area contributed by atoms with Crippen molar-refractivity contribution in [1.82, 2.24) is 0 Å². The summed E-state index contributed by atoms with van der Waals surface area (Å²) < 4.78 is 20.1. The van der Waals surface area contributed by atoms with E-state index in [2.05, 4.69) is 24.1 Å². The molecule has 5 heteroatoms. The van der Waals surface area contributed by atoms with Crippen LogP contribution < -0.4 is 15.0 Å². The summed E-state index contributed by atoms with van der Waals surface area (Å²) in [6.07, 6.45) is 3.39. The quantitative estimate of drug-likeness (QED) is 0.769. The maximum atomic E-state index is 14.5. The van der Waals surface area contributed by atoms with Crippen LogP contribution in [0, 0.1) is 11.7 Å². The number of carbonyl (C=O) groups is 1. The average molecular weight is 370 g/mol. The number of halogens is 1. The van der Waals surface area contributed by atoms with Gasteiger partial charge in [0.15, 0.2) is 0 Å². The number of rotatable bonds is 6. The summed E-state index contributed by atoms with van der Waals surface area (Å²) in [6.45, 7) is 6.56. The molecule has 1 aliphatic heterocycles. The molecule has 1 heterocycles. The van der Waals surface area contributed by atoms with Gasteiger partial charge in [-0.2, -0.15) is 0 Å². The lowest BCUT2D eigenvalue weighted by atomic mass is 10.1. The second-order valence-electron chi connectivity index (χ2n) is 7.40. The summed E-state index contributed by atoms with van der Waals surface area (Å²) in [5.41, 5.74) is 1.57. The number of ether oxygens (including phenoxy) is 1. The van der Waals surface area contributed by atoms with E-state index in [1.54, 1.807) is 36.4 Å². The molecule has 1 amide bonds. The highest BCUT2D eigenvalue weighted by Crippen LogP contribution is 2.26. The van der Waals surface area contributed by atoms with E-state index < -0.39 is 0 Å². The van der Waals surface area contributed by atoms with Crippen molar-refractivity contribution >= 4 is 17.3 Å². The van der Waals surface area contributed by atoms with Gasteiger partial charge in [0.25, 0.3) is 5.91 Å². The lowest BCUT2D eigenvalue weighted by molar-refractivity contribution is 0.102. The van der Waals surface area contributed by atoms with E-state index in [4.69, 9.17) is 4.74 Å². The average Bonchev–Trinajstić information content (AvgIpc) is 2.67. The summed E-state index contributed by atoms with van der Waals surface area (Å²) in [5, 5.41) is 2.76. The summed E-state index contributed by atoms with van der Waals surface area (Å²) in [7, 11) is 0. The molecule has 4 nitrogen and oxygen atoms in total. The highest BCUT2D eigenvalue weighted by Gasteiger charge is 2.16. The maximum Gasteiger partial charge on any atom is 0.255 e. The third-order valence-electron chi connectivity index (χ3n) is 4.60. The molecule has 0 bridgehead atoms. The number of piperidine rings is 1. The highest BCUT2D eigenvalue weighted by molar-refractivity contribution is 6.04. The Labute approximate surface area is 160 Å². The summed E-state index contributed by atoms with van der Waals surface area (Å²) >= 11 is 0. The number of benzene rings is 2. The Morgan fingerprint density at radius 3 is 2.44 bits per heavy atom. The molecule has 2 aromatic rings. The minimum absolute atomic E-state index is 0.268. The van der Waals surface area contributed by atoms with Crippen LogP contribution in [0.5, 0.6) is 5.75 Å². The van der Waals surface area contributed by atoms with E-state index >= 15 is 0 Å². The molecule has 1 N–H and O–H groups in total. The third kappa shape index (κ3) is 5.22. The van der Waals surface area contributed by atoms with E-state index in [9.17, 15) is 9.18 Å². The van der Waals surface area contributed by atoms with Gasteiger partial charge in [0, 0.05) is 24.3 Å². The number of carbonyl (C=O) groups excluding carboxylic acids is 1. The zero-order valence-corrected chi connectivity index (χ0v) is 16.0. The van der Waals surface area contributed by atoms with Gasteiger partial charge in [-0.1, -0.05) is 13.8 Å². The van der Waals surface area contributed by atoms with Crippen LogP contribution in [-0.2, 0) is 0 Å². The fourth-order valence-corrected chi connectivity index (χ4v) is 3.14. The number of nitrogens with zero attached hydrogens (tertiary/aromatic N) is 1. The minimum Gasteiger partial charge on any atom is -0.493 e. The first kappa shape index (κ1) is 19.2. The first-order chi connectivity index (χ1) is 13.0. The molecular formula is C22H27FN2O2. The molecule has 1 saturated heterocycles. The van der Waals surface area contributed by atoms with E-state index in [0.717, 1.165) is 31.7 Å². The van der Waals surface area contributed by atoms with Crippen molar-refractivity contribution in [3.05, 3.63) is 53.8 Å². The van der Waals surface area contributed by atoms with Crippen LogP contribution in [0.3, 0.4) is 0 Å². The van der Waals surface area contributed by atoms with Gasteiger partial charge in [-0.3, -0.25) is 4.79 Å². The fourth-order valence-electron chi connectivity index (χ4n) is 3.14. The summed E-state index contributed by atoms with van der Waals surface area (Å²) in [5.74, 6) is 0.607. The fraction of sp³-hybridized carbons (Fsp3) is 0.409. The number of hydrogen-bond donors (Lipinski definition) is 1. The van der Waals surface area contributed by atoms with Gasteiger partial charge in [-0.15, -0.1) is 0 Å². The maximum absolute atomic E-state index is 14.5. The Hall–Kier alpha value is -2.56. The molecule has 27 heavy (non-hydrogen) atoms. The standard InChI is InChI=1S/C22H27FN2O2/c1-16(2)15-27-19-9-6-17(7-10-19)22(26)24-18-8-11-21(20(23)14-18)25-12-4-3-5-13-25/h6-11,14,16H,3-5,12-13,15H2,1-2H3,(H,24,26). The zero-order chi connectivity index (χ0) is 19.2. The van der Waals surface area contributed by atoms with Crippen molar-refractivity contribution in [2.24, 2.45) is 5.92 Å². The zero-order valence-electron chi connectivity index (χ0n) is 16.0. The molecule has 0 aromatic heterocycles. The number of hydrogen-bond acceptors (Lipinski definition) is 3. The van der Waals surface area contributed by atoms with Gasteiger partial charge in [0.05, 0.1) is 12.3 Å². The first-order valence-corrected chi connectivity index (χ1v) is 9.61. The van der Waals surface area contributed by atoms with Gasteiger partial charge in [0.2, 0.25) is 0 Å². The molecule has 144 valence electrons. The van der Waals surface area contributed by atoms with E-state index in [1.165, 1.54) is 12.5 Å². The van der Waals surface area contributed by atoms with Gasteiger partial charge < -0.3 is 15.0 Å². The van der Waals surface area contributed by atoms with Crippen LogP contribution in [0.4, 0.5) is 15.8 Å². The van der Waals surface area contributed by atoms with Crippen LogP contribution in [0.1, 0.15) is 43.5 Å². The summed E-state index contributed by atoms with van der Waals surface area (Å²) in [6, 6.07) is 11.9. The van der Waals surface area contributed by atoms with Crippen molar-refractivity contribution in [2.45, 2.75) is 33.1 Å². The molecule has 0 saturated carbocycles. The van der Waals surface area contributed by atoms with Crippen molar-refractivity contribution < 1.29 is 13.9 Å². The normalized spacial score (nSPS) is 14.3. The Balaban J connectivity index is 1.62. The van der Waals surface area contributed by atoms with Crippen molar-refractivity contribution in [1.29, 1.82) is 0 Å². The van der Waals surface area contributed by atoms with Crippen LogP contribution in [-0.4, -0.2) is 25.6 Å². The molecule has 1 fully saturated rings. The molecule has 2 aromatic carbocycles. The van der Waals surface area contributed by atoms with Gasteiger partial charge in [-0.25, -0.2) is 4.39 Å². The van der Waals surface area contributed by atoms with Crippen LogP contribution in [0.25, 0.3) is 0 Å². The number of nitrogens with one attached hydrogen (secondary N) is 1. The van der Waals surface area contributed by atoms with Gasteiger partial charge in [0.1, 0.15) is 11.6 Å². The molecular weight excluding hydrogens is 343 g/mol. The van der Waals surface area contributed by atoms with Crippen molar-refractivity contribution in [3.8, 4) is 5.75 Å². The minimum atomic E-state index is -0.299. The second kappa shape index (κ2) is 8.89. The molecule has 0 spiro atoms. The monoisotopic (exact) mass is 370 g/mol. The molecule has 1 aliphatic rings. The predicted octanol–water partition coefficient (Wildman–Crippen LogP) is 5.10. The van der Waals surface area contributed by atoms with E-state index in [-0.39, 0.29) is 11.7 Å². The molecule has 0 radical (unpaired) electrons. The number of amides is 1. The molecule has 0 aliphatic carbocycles. The Kier molecular flexibility index (Phi) is 6.32. The lowest BCUT2D eigenvalue weighted by Gasteiger charge is -2.29. The predicted molar refractivity (Wildman–Crippen MR) is 107 cm³/mol. The summed E-state index contributed by atoms with van der Waals surface area (Å²) in [4.78, 5) is 14.5. The molecule has 0 atom stereocenters. The van der Waals surface area contributed by atoms with Crippen LogP contribution in [0.2, 0.25) is 0 Å². The van der Waals surface area contributed by atoms with Crippen LogP contribution >= 0.6 is 0 Å². The molecule has 0 unspecified atom stereocenters. The first-order valence-electron chi connectivity index (χ1n) is 9.61. The highest BCUT2D eigenvalue weighted by atomic mass is 19.1. The third-order valence-corrected chi connectivity index (χ3v) is 4.60. The topological polar surface area (TPSA) is 41.6 Å². The number of anilines is 2. The second-order valence-corrected chi connectivity index (χ2v) is 7.40. The Bertz CT molecular complexity index is 768. The Morgan fingerprint density at radius 2 is 1.81 bits per heavy atom.